The van der Waals surface area contributed by atoms with Gasteiger partial charge in [-0.2, -0.15) is 0 Å². The van der Waals surface area contributed by atoms with Crippen molar-refractivity contribution < 1.29 is 28.5 Å². The van der Waals surface area contributed by atoms with E-state index in [4.69, 9.17) is 18.9 Å². The zero-order valence-corrected chi connectivity index (χ0v) is 16.8. The van der Waals surface area contributed by atoms with Crippen LogP contribution in [0.2, 0.25) is 0 Å². The van der Waals surface area contributed by atoms with Gasteiger partial charge in [0.05, 0.1) is 27.2 Å². The molecule has 0 radical (unpaired) electrons. The molecule has 0 atom stereocenters. The van der Waals surface area contributed by atoms with E-state index in [1.165, 1.54) is 0 Å². The van der Waals surface area contributed by atoms with Crippen molar-refractivity contribution in [3.05, 3.63) is 23.8 Å². The van der Waals surface area contributed by atoms with E-state index in [2.05, 4.69) is 0 Å². The molecule has 0 aliphatic carbocycles. The van der Waals surface area contributed by atoms with Crippen LogP contribution in [0.15, 0.2) is 18.2 Å². The first-order chi connectivity index (χ1) is 13.0. The Morgan fingerprint density at radius 2 is 1.74 bits per heavy atom. The Kier molecular flexibility index (Phi) is 10.9. The molecular weight excluding hydrogens is 350 g/mol. The Bertz CT molecular complexity index is 590. The molecule has 0 fully saturated rings. The smallest absolute Gasteiger partial charge is 0.307 e. The van der Waals surface area contributed by atoms with Crippen LogP contribution in [0.25, 0.3) is 0 Å². The average Bonchev–Trinajstić information content (AvgIpc) is 2.68. The zero-order valence-electron chi connectivity index (χ0n) is 16.8. The molecule has 152 valence electrons. The van der Waals surface area contributed by atoms with Crippen molar-refractivity contribution in [2.75, 3.05) is 47.6 Å². The van der Waals surface area contributed by atoms with Crippen molar-refractivity contribution in [1.82, 2.24) is 4.90 Å². The van der Waals surface area contributed by atoms with Gasteiger partial charge in [0.2, 0.25) is 5.91 Å². The molecule has 0 aliphatic heterocycles. The lowest BCUT2D eigenvalue weighted by atomic mass is 10.1. The molecule has 7 heteroatoms. The number of carbonyl (C=O) groups excluding carboxylic acids is 2. The number of benzene rings is 1. The van der Waals surface area contributed by atoms with Crippen molar-refractivity contribution in [1.29, 1.82) is 0 Å². The highest BCUT2D eigenvalue weighted by Gasteiger charge is 2.16. The van der Waals surface area contributed by atoms with Crippen LogP contribution in [0.5, 0.6) is 11.5 Å². The second-order valence-corrected chi connectivity index (χ2v) is 5.97. The topological polar surface area (TPSA) is 74.3 Å². The minimum Gasteiger partial charge on any atom is -0.493 e. The Morgan fingerprint density at radius 3 is 2.37 bits per heavy atom. The van der Waals surface area contributed by atoms with Gasteiger partial charge in [0.1, 0.15) is 0 Å². The monoisotopic (exact) mass is 381 g/mol. The summed E-state index contributed by atoms with van der Waals surface area (Å²) in [5, 5.41) is 0. The highest BCUT2D eigenvalue weighted by molar-refractivity contribution is 5.77. The van der Waals surface area contributed by atoms with Gasteiger partial charge in [-0.25, -0.2) is 0 Å². The number of ether oxygens (including phenoxy) is 4. The molecule has 0 aliphatic rings. The predicted molar refractivity (Wildman–Crippen MR) is 102 cm³/mol. The maximum Gasteiger partial charge on any atom is 0.307 e. The van der Waals surface area contributed by atoms with Crippen molar-refractivity contribution in [2.24, 2.45) is 0 Å². The van der Waals surface area contributed by atoms with Crippen molar-refractivity contribution in [3.8, 4) is 11.5 Å². The number of amides is 1. The summed E-state index contributed by atoms with van der Waals surface area (Å²) in [6.45, 7) is 3.59. The lowest BCUT2D eigenvalue weighted by molar-refractivity contribution is -0.144. The summed E-state index contributed by atoms with van der Waals surface area (Å²) in [6.07, 6.45) is 1.86. The molecule has 0 saturated carbocycles. The fourth-order valence-electron chi connectivity index (χ4n) is 2.67. The molecule has 0 unspecified atom stereocenters. The van der Waals surface area contributed by atoms with Crippen LogP contribution in [0.4, 0.5) is 0 Å². The number of rotatable bonds is 13. The number of carbonyl (C=O) groups is 2. The predicted octanol–water partition coefficient (Wildman–Crippen LogP) is 2.45. The number of nitrogens with zero attached hydrogens (tertiary/aromatic N) is 1. The van der Waals surface area contributed by atoms with Gasteiger partial charge in [0.15, 0.2) is 11.5 Å². The minimum absolute atomic E-state index is 0.00480. The van der Waals surface area contributed by atoms with Crippen LogP contribution in [0, 0.1) is 0 Å². The van der Waals surface area contributed by atoms with E-state index in [-0.39, 0.29) is 18.3 Å². The maximum absolute atomic E-state index is 12.6. The van der Waals surface area contributed by atoms with Gasteiger partial charge in [0, 0.05) is 33.2 Å². The van der Waals surface area contributed by atoms with E-state index in [1.54, 1.807) is 33.2 Å². The molecule has 0 N–H and O–H groups in total. The normalized spacial score (nSPS) is 10.4. The van der Waals surface area contributed by atoms with Crippen LogP contribution < -0.4 is 9.47 Å². The minimum atomic E-state index is -0.290. The van der Waals surface area contributed by atoms with E-state index in [1.807, 2.05) is 18.2 Å². The first-order valence-electron chi connectivity index (χ1n) is 9.18. The first kappa shape index (κ1) is 22.8. The highest BCUT2D eigenvalue weighted by Crippen LogP contribution is 2.28. The number of hydrogen-bond donors (Lipinski definition) is 0. The summed E-state index contributed by atoms with van der Waals surface area (Å²) in [7, 11) is 4.80. The van der Waals surface area contributed by atoms with E-state index < -0.39 is 0 Å². The van der Waals surface area contributed by atoms with Gasteiger partial charge in [-0.05, 0) is 37.5 Å². The standard InChI is InChI=1S/C20H31NO6/c1-5-27-20(23)11-13-21(12-6-14-24-2)19(22)10-8-16-7-9-17(25-3)18(15-16)26-4/h7,9,15H,5-6,8,10-14H2,1-4H3. The molecule has 27 heavy (non-hydrogen) atoms. The van der Waals surface area contributed by atoms with Crippen LogP contribution in [-0.4, -0.2) is 64.4 Å². The number of methoxy groups -OCH3 is 3. The van der Waals surface area contributed by atoms with Crippen molar-refractivity contribution in [3.63, 3.8) is 0 Å². The largest absolute Gasteiger partial charge is 0.493 e. The molecule has 0 heterocycles. The number of esters is 1. The summed E-state index contributed by atoms with van der Waals surface area (Å²) in [6, 6.07) is 5.62. The molecular formula is C20H31NO6. The Labute approximate surface area is 161 Å². The molecule has 1 rings (SSSR count). The third-order valence-electron chi connectivity index (χ3n) is 4.10. The summed E-state index contributed by atoms with van der Waals surface area (Å²) < 4.78 is 20.5. The highest BCUT2D eigenvalue weighted by atomic mass is 16.5. The second kappa shape index (κ2) is 13.0. The van der Waals surface area contributed by atoms with Crippen LogP contribution >= 0.6 is 0 Å². The van der Waals surface area contributed by atoms with Crippen LogP contribution in [0.1, 0.15) is 31.7 Å². The Morgan fingerprint density at radius 1 is 1.00 bits per heavy atom. The Hall–Kier alpha value is -2.28. The van der Waals surface area contributed by atoms with E-state index >= 15 is 0 Å². The summed E-state index contributed by atoms with van der Waals surface area (Å²) in [5.74, 6) is 1.01. The van der Waals surface area contributed by atoms with Crippen LogP contribution in [-0.2, 0) is 25.5 Å². The number of aryl methyl sites for hydroxylation is 1. The molecule has 0 aromatic heterocycles. The summed E-state index contributed by atoms with van der Waals surface area (Å²) in [4.78, 5) is 25.9. The van der Waals surface area contributed by atoms with Gasteiger partial charge >= 0.3 is 5.97 Å². The second-order valence-electron chi connectivity index (χ2n) is 5.97. The fourth-order valence-corrected chi connectivity index (χ4v) is 2.67. The maximum atomic E-state index is 12.6. The average molecular weight is 381 g/mol. The third kappa shape index (κ3) is 8.30. The molecule has 1 aromatic carbocycles. The molecule has 0 spiro atoms. The summed E-state index contributed by atoms with van der Waals surface area (Å²) >= 11 is 0. The van der Waals surface area contributed by atoms with E-state index in [9.17, 15) is 9.59 Å². The lowest BCUT2D eigenvalue weighted by Gasteiger charge is -2.22. The molecule has 1 amide bonds. The van der Waals surface area contributed by atoms with Gasteiger partial charge in [-0.1, -0.05) is 6.07 Å². The van der Waals surface area contributed by atoms with Gasteiger partial charge in [-0.3, -0.25) is 9.59 Å². The molecule has 1 aromatic rings. The van der Waals surface area contributed by atoms with Gasteiger partial charge in [0.25, 0.3) is 0 Å². The Balaban J connectivity index is 2.64. The molecule has 0 saturated heterocycles. The molecule has 7 nitrogen and oxygen atoms in total. The SMILES string of the molecule is CCOC(=O)CCN(CCCOC)C(=O)CCc1ccc(OC)c(OC)c1. The van der Waals surface area contributed by atoms with Crippen molar-refractivity contribution in [2.45, 2.75) is 32.6 Å². The van der Waals surface area contributed by atoms with E-state index in [0.717, 1.165) is 12.0 Å². The third-order valence-corrected chi connectivity index (χ3v) is 4.10. The fraction of sp³-hybridized carbons (Fsp3) is 0.600. The first-order valence-corrected chi connectivity index (χ1v) is 9.18. The molecule has 0 bridgehead atoms. The van der Waals surface area contributed by atoms with E-state index in [0.29, 0.717) is 50.6 Å². The van der Waals surface area contributed by atoms with Crippen molar-refractivity contribution >= 4 is 11.9 Å². The van der Waals surface area contributed by atoms with Crippen LogP contribution in [0.3, 0.4) is 0 Å². The lowest BCUT2D eigenvalue weighted by Crippen LogP contribution is -2.34. The quantitative estimate of drug-likeness (QED) is 0.386. The number of hydrogen-bond acceptors (Lipinski definition) is 6. The van der Waals surface area contributed by atoms with Gasteiger partial charge < -0.3 is 23.8 Å². The summed E-state index contributed by atoms with van der Waals surface area (Å²) in [5.41, 5.74) is 0.989. The van der Waals surface area contributed by atoms with Gasteiger partial charge in [-0.15, -0.1) is 0 Å². The zero-order chi connectivity index (χ0) is 20.1.